The van der Waals surface area contributed by atoms with Crippen molar-refractivity contribution in [2.45, 2.75) is 33.4 Å². The smallest absolute Gasteiger partial charge is 0.165 e. The summed E-state index contributed by atoms with van der Waals surface area (Å²) in [6, 6.07) is 11.6. The first-order valence-electron chi connectivity index (χ1n) is 7.14. The van der Waals surface area contributed by atoms with Gasteiger partial charge in [-0.25, -0.2) is 4.39 Å². The van der Waals surface area contributed by atoms with Gasteiger partial charge in [0.1, 0.15) is 0 Å². The number of aryl methyl sites for hydroxylation is 2. The number of halogens is 1. The maximum atomic E-state index is 13.7. The molecule has 2 rings (SSSR count). The molecule has 112 valence electrons. The van der Waals surface area contributed by atoms with Crippen LogP contribution >= 0.6 is 0 Å². The van der Waals surface area contributed by atoms with Gasteiger partial charge in [-0.3, -0.25) is 0 Å². The van der Waals surface area contributed by atoms with E-state index in [2.05, 4.69) is 37.4 Å². The van der Waals surface area contributed by atoms with E-state index < -0.39 is 0 Å². The van der Waals surface area contributed by atoms with Crippen molar-refractivity contribution in [2.24, 2.45) is 0 Å². The molecule has 0 bridgehead atoms. The van der Waals surface area contributed by atoms with Gasteiger partial charge in [-0.15, -0.1) is 0 Å². The average molecular weight is 287 g/mol. The van der Waals surface area contributed by atoms with Crippen molar-refractivity contribution in [1.82, 2.24) is 5.32 Å². The molecular weight excluding hydrogens is 265 g/mol. The monoisotopic (exact) mass is 287 g/mol. The predicted octanol–water partition coefficient (Wildman–Crippen LogP) is 4.30. The van der Waals surface area contributed by atoms with Gasteiger partial charge in [0, 0.05) is 12.6 Å². The van der Waals surface area contributed by atoms with E-state index in [1.165, 1.54) is 29.9 Å². The van der Waals surface area contributed by atoms with Crippen LogP contribution in [-0.2, 0) is 6.54 Å². The molecule has 2 nitrogen and oxygen atoms in total. The minimum absolute atomic E-state index is 0.0744. The third-order valence-electron chi connectivity index (χ3n) is 3.78. The fourth-order valence-electron chi connectivity index (χ4n) is 2.32. The van der Waals surface area contributed by atoms with Gasteiger partial charge in [0.05, 0.1) is 7.11 Å². The van der Waals surface area contributed by atoms with Crippen LogP contribution in [0.5, 0.6) is 5.75 Å². The molecule has 2 aromatic rings. The third kappa shape index (κ3) is 3.82. The Labute approximate surface area is 126 Å². The zero-order valence-corrected chi connectivity index (χ0v) is 13.0. The molecule has 21 heavy (non-hydrogen) atoms. The first-order valence-corrected chi connectivity index (χ1v) is 7.14. The fourth-order valence-corrected chi connectivity index (χ4v) is 2.32. The standard InChI is InChI=1S/C18H22FNO/c1-12-5-6-13(2)16(9-12)11-20-14(3)15-7-8-18(21-4)17(19)10-15/h5-10,14,20H,11H2,1-4H3. The van der Waals surface area contributed by atoms with E-state index in [4.69, 9.17) is 4.74 Å². The van der Waals surface area contributed by atoms with E-state index in [1.54, 1.807) is 6.07 Å². The number of rotatable bonds is 5. The van der Waals surface area contributed by atoms with Crippen molar-refractivity contribution < 1.29 is 9.13 Å². The van der Waals surface area contributed by atoms with Gasteiger partial charge < -0.3 is 10.1 Å². The SMILES string of the molecule is COc1ccc(C(C)NCc2cc(C)ccc2C)cc1F. The number of nitrogens with one attached hydrogen (secondary N) is 1. The Balaban J connectivity index is 2.06. The van der Waals surface area contributed by atoms with Gasteiger partial charge in [0.25, 0.3) is 0 Å². The van der Waals surface area contributed by atoms with E-state index in [-0.39, 0.29) is 17.6 Å². The van der Waals surface area contributed by atoms with Crippen LogP contribution in [0, 0.1) is 19.7 Å². The zero-order chi connectivity index (χ0) is 15.4. The molecule has 2 aromatic carbocycles. The Morgan fingerprint density at radius 2 is 1.90 bits per heavy atom. The summed E-state index contributed by atoms with van der Waals surface area (Å²) < 4.78 is 18.7. The van der Waals surface area contributed by atoms with E-state index in [1.807, 2.05) is 13.0 Å². The number of hydrogen-bond acceptors (Lipinski definition) is 2. The van der Waals surface area contributed by atoms with E-state index in [9.17, 15) is 4.39 Å². The molecule has 0 amide bonds. The van der Waals surface area contributed by atoms with Crippen molar-refractivity contribution >= 4 is 0 Å². The molecule has 1 unspecified atom stereocenters. The summed E-state index contributed by atoms with van der Waals surface area (Å²) in [5.74, 6) is -0.0455. The van der Waals surface area contributed by atoms with Crippen molar-refractivity contribution in [3.05, 3.63) is 64.5 Å². The van der Waals surface area contributed by atoms with Crippen molar-refractivity contribution in [1.29, 1.82) is 0 Å². The second-order valence-electron chi connectivity index (χ2n) is 5.43. The molecule has 1 atom stereocenters. The van der Waals surface area contributed by atoms with Crippen LogP contribution < -0.4 is 10.1 Å². The Morgan fingerprint density at radius 1 is 1.14 bits per heavy atom. The third-order valence-corrected chi connectivity index (χ3v) is 3.78. The van der Waals surface area contributed by atoms with Gasteiger partial charge in [-0.1, -0.05) is 29.8 Å². The summed E-state index contributed by atoms with van der Waals surface area (Å²) in [6.07, 6.45) is 0. The second kappa shape index (κ2) is 6.72. The van der Waals surface area contributed by atoms with Crippen LogP contribution in [0.4, 0.5) is 4.39 Å². The first kappa shape index (κ1) is 15.5. The van der Waals surface area contributed by atoms with Crippen LogP contribution in [0.3, 0.4) is 0 Å². The van der Waals surface area contributed by atoms with Crippen LogP contribution in [0.15, 0.2) is 36.4 Å². The highest BCUT2D eigenvalue weighted by Crippen LogP contribution is 2.22. The molecule has 0 radical (unpaired) electrons. The highest BCUT2D eigenvalue weighted by atomic mass is 19.1. The quantitative estimate of drug-likeness (QED) is 0.885. The Hall–Kier alpha value is -1.87. The number of hydrogen-bond donors (Lipinski definition) is 1. The second-order valence-corrected chi connectivity index (χ2v) is 5.43. The lowest BCUT2D eigenvalue weighted by Gasteiger charge is -2.16. The van der Waals surface area contributed by atoms with Crippen molar-refractivity contribution in [2.75, 3.05) is 7.11 Å². The van der Waals surface area contributed by atoms with Gasteiger partial charge in [-0.05, 0) is 49.6 Å². The molecule has 0 aliphatic heterocycles. The molecule has 0 spiro atoms. The Kier molecular flexibility index (Phi) is 4.97. The van der Waals surface area contributed by atoms with Crippen LogP contribution in [-0.4, -0.2) is 7.11 Å². The van der Waals surface area contributed by atoms with Crippen LogP contribution in [0.25, 0.3) is 0 Å². The van der Waals surface area contributed by atoms with Crippen molar-refractivity contribution in [3.63, 3.8) is 0 Å². The van der Waals surface area contributed by atoms with E-state index in [0.29, 0.717) is 0 Å². The van der Waals surface area contributed by atoms with Crippen LogP contribution in [0.1, 0.15) is 35.2 Å². The molecular formula is C18H22FNO. The molecule has 0 aliphatic carbocycles. The topological polar surface area (TPSA) is 21.3 Å². The summed E-state index contributed by atoms with van der Waals surface area (Å²) >= 11 is 0. The van der Waals surface area contributed by atoms with Gasteiger partial charge >= 0.3 is 0 Å². The highest BCUT2D eigenvalue weighted by molar-refractivity contribution is 5.32. The van der Waals surface area contributed by atoms with E-state index in [0.717, 1.165) is 12.1 Å². The zero-order valence-electron chi connectivity index (χ0n) is 13.0. The number of benzene rings is 2. The molecule has 0 aromatic heterocycles. The minimum atomic E-state index is -0.324. The minimum Gasteiger partial charge on any atom is -0.494 e. The lowest BCUT2D eigenvalue weighted by molar-refractivity contribution is 0.385. The number of ether oxygens (including phenoxy) is 1. The first-order chi connectivity index (χ1) is 10.0. The molecule has 0 fully saturated rings. The molecule has 0 saturated carbocycles. The molecule has 0 aliphatic rings. The number of methoxy groups -OCH3 is 1. The van der Waals surface area contributed by atoms with Gasteiger partial charge in [-0.2, -0.15) is 0 Å². The lowest BCUT2D eigenvalue weighted by atomic mass is 10.0. The Bertz CT molecular complexity index is 625. The molecule has 1 N–H and O–H groups in total. The fraction of sp³-hybridized carbons (Fsp3) is 0.333. The van der Waals surface area contributed by atoms with Crippen LogP contribution in [0.2, 0.25) is 0 Å². The van der Waals surface area contributed by atoms with Gasteiger partial charge in [0.2, 0.25) is 0 Å². The maximum absolute atomic E-state index is 13.7. The lowest BCUT2D eigenvalue weighted by Crippen LogP contribution is -2.19. The molecule has 0 heterocycles. The molecule has 3 heteroatoms. The van der Waals surface area contributed by atoms with Crippen molar-refractivity contribution in [3.8, 4) is 5.75 Å². The summed E-state index contributed by atoms with van der Waals surface area (Å²) in [5.41, 5.74) is 4.70. The summed E-state index contributed by atoms with van der Waals surface area (Å²) in [6.45, 7) is 6.99. The normalized spacial score (nSPS) is 12.2. The average Bonchev–Trinajstić information content (AvgIpc) is 2.47. The summed E-state index contributed by atoms with van der Waals surface area (Å²) in [4.78, 5) is 0. The van der Waals surface area contributed by atoms with Gasteiger partial charge in [0.15, 0.2) is 11.6 Å². The summed E-state index contributed by atoms with van der Waals surface area (Å²) in [7, 11) is 1.47. The largest absolute Gasteiger partial charge is 0.494 e. The Morgan fingerprint density at radius 3 is 2.57 bits per heavy atom. The van der Waals surface area contributed by atoms with E-state index >= 15 is 0 Å². The molecule has 0 saturated heterocycles. The highest BCUT2D eigenvalue weighted by Gasteiger charge is 2.10. The summed E-state index contributed by atoms with van der Waals surface area (Å²) in [5, 5.41) is 3.44. The predicted molar refractivity (Wildman–Crippen MR) is 84.1 cm³/mol. The maximum Gasteiger partial charge on any atom is 0.165 e.